The summed E-state index contributed by atoms with van der Waals surface area (Å²) in [5, 5.41) is 38.1. The number of aromatic hydroxyl groups is 2. The van der Waals surface area contributed by atoms with Gasteiger partial charge in [-0.05, 0) is 40.5 Å². The maximum Gasteiger partial charge on any atom is 0.229 e. The molecular weight excluding hydrogens is 438 g/mol. The number of ether oxygens (including phenoxy) is 1. The highest BCUT2D eigenvalue weighted by molar-refractivity contribution is 5.83. The molecule has 1 aromatic heterocycles. The van der Waals surface area contributed by atoms with Crippen LogP contribution in [-0.4, -0.2) is 63.7 Å². The van der Waals surface area contributed by atoms with E-state index in [4.69, 9.17) is 14.7 Å². The van der Waals surface area contributed by atoms with Crippen LogP contribution in [0.3, 0.4) is 0 Å². The quantitative estimate of drug-likeness (QED) is 0.387. The van der Waals surface area contributed by atoms with E-state index in [9.17, 15) is 15.3 Å². The van der Waals surface area contributed by atoms with E-state index in [0.717, 1.165) is 30.9 Å². The van der Waals surface area contributed by atoms with Crippen LogP contribution >= 0.6 is 0 Å². The number of phenolic OH excluding ortho intramolecular Hbond substituents is 2. The average molecular weight is 474 g/mol. The Bertz CT molecular complexity index is 1010. The smallest absolute Gasteiger partial charge is 0.229 e. The second-order valence-corrected chi connectivity index (χ2v) is 9.24. The number of anilines is 4. The zero-order valence-corrected chi connectivity index (χ0v) is 20.4. The lowest BCUT2D eigenvalue weighted by molar-refractivity contribution is 0.265. The van der Waals surface area contributed by atoms with E-state index in [1.54, 1.807) is 0 Å². The largest absolute Gasteiger partial charge is 0.507 e. The number of rotatable bonds is 8. The van der Waals surface area contributed by atoms with Gasteiger partial charge in [0.2, 0.25) is 5.95 Å². The second kappa shape index (κ2) is 9.59. The highest BCUT2D eigenvalue weighted by atomic mass is 16.5. The maximum atomic E-state index is 10.4. The predicted octanol–water partition coefficient (Wildman–Crippen LogP) is 2.33. The third-order valence-electron chi connectivity index (χ3n) is 6.26. The number of nitrogens with zero attached hydrogens (tertiary/aromatic N) is 5. The number of hydrogen-bond donors (Lipinski definition) is 5. The maximum absolute atomic E-state index is 10.4. The minimum Gasteiger partial charge on any atom is -0.507 e. The molecule has 1 fully saturated rings. The van der Waals surface area contributed by atoms with E-state index in [0.29, 0.717) is 23.1 Å². The van der Waals surface area contributed by atoms with Crippen LogP contribution in [0.25, 0.3) is 0 Å². The third-order valence-corrected chi connectivity index (χ3v) is 6.26. The van der Waals surface area contributed by atoms with Gasteiger partial charge >= 0.3 is 0 Å². The Morgan fingerprint density at radius 1 is 1.12 bits per heavy atom. The van der Waals surface area contributed by atoms with Crippen molar-refractivity contribution in [2.45, 2.75) is 65.2 Å². The highest BCUT2D eigenvalue weighted by Gasteiger charge is 2.36. The van der Waals surface area contributed by atoms with Crippen molar-refractivity contribution in [3.8, 4) is 17.2 Å². The van der Waals surface area contributed by atoms with E-state index >= 15 is 0 Å². The number of fused-ring (bicyclic) bond motifs is 1. The van der Waals surface area contributed by atoms with Gasteiger partial charge in [-0.3, -0.25) is 10.0 Å². The van der Waals surface area contributed by atoms with E-state index in [2.05, 4.69) is 38.5 Å². The number of nitrogens with one attached hydrogen (secondary N) is 2. The van der Waals surface area contributed by atoms with E-state index < -0.39 is 0 Å². The number of hydrazine groups is 2. The average Bonchev–Trinajstić information content (AvgIpc) is 3.43. The van der Waals surface area contributed by atoms with Crippen LogP contribution in [0.5, 0.6) is 17.2 Å². The first kappa shape index (κ1) is 24.0. The number of aliphatic hydroxyl groups excluding tert-OH is 1. The Kier molecular flexibility index (Phi) is 6.76. The van der Waals surface area contributed by atoms with E-state index in [-0.39, 0.29) is 42.8 Å². The number of hydrogen-bond acceptors (Lipinski definition) is 11. The summed E-state index contributed by atoms with van der Waals surface area (Å²) in [6.07, 6.45) is 1.85. The van der Waals surface area contributed by atoms with E-state index in [1.165, 1.54) is 19.2 Å². The summed E-state index contributed by atoms with van der Waals surface area (Å²) in [5.74, 6) is 2.08. The summed E-state index contributed by atoms with van der Waals surface area (Å²) >= 11 is 0. The topological polar surface area (TPSA) is 129 Å². The summed E-state index contributed by atoms with van der Waals surface area (Å²) in [7, 11) is 1.48. The zero-order chi connectivity index (χ0) is 24.6. The van der Waals surface area contributed by atoms with Crippen LogP contribution in [0.1, 0.15) is 46.1 Å². The summed E-state index contributed by atoms with van der Waals surface area (Å²) in [5.41, 5.74) is 4.55. The SMILES string of the molecule is COc1cc(O)c(CNc2nc(N3CCC[C@@H]3CO)nc3c2N(C(C)C)NN3C(C)C)c(O)c1. The molecule has 0 radical (unpaired) electrons. The molecule has 0 saturated carbocycles. The molecule has 4 rings (SSSR count). The molecule has 5 N–H and O–H groups in total. The van der Waals surface area contributed by atoms with Crippen molar-refractivity contribution in [1.29, 1.82) is 0 Å². The standard InChI is InChI=1S/C23H35N7O4/c1-13(2)29-20-21(24-11-17-18(32)9-16(34-5)10-19(17)33)25-23(28-8-6-7-15(28)12-31)26-22(20)30(27-29)14(3)4/h9-10,13-15,27,31-33H,6-8,11-12H2,1-5H3,(H,24,25,26)/t15-/m1/s1. The van der Waals surface area contributed by atoms with Gasteiger partial charge < -0.3 is 30.3 Å². The number of phenols is 2. The Morgan fingerprint density at radius 3 is 2.38 bits per heavy atom. The molecular formula is C23H35N7O4. The number of methoxy groups -OCH3 is 1. The van der Waals surface area contributed by atoms with Gasteiger partial charge in [0.05, 0.1) is 25.3 Å². The molecule has 1 aromatic carbocycles. The Hall–Kier alpha value is -3.18. The normalized spacial score (nSPS) is 17.8. The van der Waals surface area contributed by atoms with Gasteiger partial charge in [0.1, 0.15) is 22.9 Å². The molecule has 0 amide bonds. The van der Waals surface area contributed by atoms with Crippen LogP contribution in [0.15, 0.2) is 12.1 Å². The predicted molar refractivity (Wildman–Crippen MR) is 132 cm³/mol. The lowest BCUT2D eigenvalue weighted by Crippen LogP contribution is -2.50. The van der Waals surface area contributed by atoms with Crippen molar-refractivity contribution >= 4 is 23.3 Å². The summed E-state index contributed by atoms with van der Waals surface area (Å²) in [6, 6.07) is 3.14. The molecule has 11 nitrogen and oxygen atoms in total. The number of aromatic nitrogens is 2. The molecule has 1 atom stereocenters. The molecule has 11 heteroatoms. The van der Waals surface area contributed by atoms with Crippen LogP contribution < -0.4 is 30.5 Å². The molecule has 3 heterocycles. The fraction of sp³-hybridized carbons (Fsp3) is 0.565. The first-order valence-corrected chi connectivity index (χ1v) is 11.7. The van der Waals surface area contributed by atoms with Crippen molar-refractivity contribution in [3.05, 3.63) is 17.7 Å². The van der Waals surface area contributed by atoms with Crippen molar-refractivity contribution < 1.29 is 20.1 Å². The minimum absolute atomic E-state index is 0.0244. The Labute approximate surface area is 199 Å². The first-order chi connectivity index (χ1) is 16.2. The number of benzene rings is 1. The van der Waals surface area contributed by atoms with Gasteiger partial charge in [0.15, 0.2) is 11.6 Å². The Morgan fingerprint density at radius 2 is 1.79 bits per heavy atom. The molecule has 0 aliphatic carbocycles. The fourth-order valence-electron chi connectivity index (χ4n) is 4.40. The monoisotopic (exact) mass is 473 g/mol. The molecule has 2 aliphatic rings. The van der Waals surface area contributed by atoms with Crippen molar-refractivity contribution in [3.63, 3.8) is 0 Å². The zero-order valence-electron chi connectivity index (χ0n) is 20.4. The van der Waals surface area contributed by atoms with Crippen LogP contribution in [0.2, 0.25) is 0 Å². The molecule has 1 saturated heterocycles. The van der Waals surface area contributed by atoms with Crippen LogP contribution in [0.4, 0.5) is 23.3 Å². The lowest BCUT2D eigenvalue weighted by Gasteiger charge is -2.27. The fourth-order valence-corrected chi connectivity index (χ4v) is 4.40. The van der Waals surface area contributed by atoms with E-state index in [1.807, 2.05) is 14.9 Å². The van der Waals surface area contributed by atoms with Crippen LogP contribution in [-0.2, 0) is 6.54 Å². The van der Waals surface area contributed by atoms with Gasteiger partial charge in [0.25, 0.3) is 0 Å². The third kappa shape index (κ3) is 4.32. The summed E-state index contributed by atoms with van der Waals surface area (Å²) < 4.78 is 5.11. The molecule has 0 bridgehead atoms. The summed E-state index contributed by atoms with van der Waals surface area (Å²) in [4.78, 5) is 11.8. The molecule has 0 unspecified atom stereocenters. The van der Waals surface area contributed by atoms with Crippen LogP contribution in [0, 0.1) is 0 Å². The van der Waals surface area contributed by atoms with Crippen molar-refractivity contribution in [2.75, 3.05) is 40.5 Å². The summed E-state index contributed by atoms with van der Waals surface area (Å²) in [6.45, 7) is 9.25. The minimum atomic E-state index is -0.0715. The van der Waals surface area contributed by atoms with Gasteiger partial charge in [-0.25, -0.2) is 0 Å². The lowest BCUT2D eigenvalue weighted by atomic mass is 10.1. The van der Waals surface area contributed by atoms with Gasteiger partial charge in [0, 0.05) is 37.3 Å². The number of aliphatic hydroxyl groups is 1. The van der Waals surface area contributed by atoms with Gasteiger partial charge in [-0.2, -0.15) is 9.97 Å². The highest BCUT2D eigenvalue weighted by Crippen LogP contribution is 2.42. The molecule has 0 spiro atoms. The molecule has 34 heavy (non-hydrogen) atoms. The van der Waals surface area contributed by atoms with Crippen molar-refractivity contribution in [2.24, 2.45) is 0 Å². The van der Waals surface area contributed by atoms with Crippen molar-refractivity contribution in [1.82, 2.24) is 15.5 Å². The van der Waals surface area contributed by atoms with Gasteiger partial charge in [-0.15, -0.1) is 5.53 Å². The molecule has 2 aromatic rings. The molecule has 2 aliphatic heterocycles. The second-order valence-electron chi connectivity index (χ2n) is 9.24. The van der Waals surface area contributed by atoms with Gasteiger partial charge in [-0.1, -0.05) is 0 Å². The first-order valence-electron chi connectivity index (χ1n) is 11.7. The Balaban J connectivity index is 1.77. The molecule has 186 valence electrons.